The number of hydrogen-bond acceptors (Lipinski definition) is 8. The molecule has 1 atom stereocenters. The van der Waals surface area contributed by atoms with Gasteiger partial charge in [0.25, 0.3) is 0 Å². The van der Waals surface area contributed by atoms with Crippen LogP contribution in [0.2, 0.25) is 0 Å². The highest BCUT2D eigenvalue weighted by molar-refractivity contribution is 7.84. The van der Waals surface area contributed by atoms with E-state index in [0.29, 0.717) is 32.9 Å². The van der Waals surface area contributed by atoms with E-state index in [9.17, 15) is 18.6 Å². The van der Waals surface area contributed by atoms with Crippen LogP contribution in [0.1, 0.15) is 194 Å². The van der Waals surface area contributed by atoms with Crippen molar-refractivity contribution in [2.45, 2.75) is 200 Å². The van der Waals surface area contributed by atoms with E-state index >= 15 is 0 Å². The van der Waals surface area contributed by atoms with Crippen molar-refractivity contribution in [3.63, 3.8) is 0 Å². The van der Waals surface area contributed by atoms with Crippen molar-refractivity contribution in [2.24, 2.45) is 0 Å². The molecule has 0 radical (unpaired) electrons. The molecule has 0 saturated carbocycles. The Morgan fingerprint density at radius 3 is 1.36 bits per heavy atom. The largest absolute Gasteiger partial charge is 0.395 e. The van der Waals surface area contributed by atoms with Crippen LogP contribution >= 0.6 is 0 Å². The summed E-state index contributed by atoms with van der Waals surface area (Å²) in [4.78, 5) is 1.75. The molecule has 3 N–H and O–H groups in total. The molecule has 328 valence electrons. The minimum absolute atomic E-state index is 0.0667. The monoisotopic (exact) mass is 803 g/mol. The Morgan fingerprint density at radius 2 is 0.927 bits per heavy atom. The van der Waals surface area contributed by atoms with Gasteiger partial charge >= 0.3 is 10.3 Å². The van der Waals surface area contributed by atoms with E-state index in [1.54, 1.807) is 4.90 Å². The van der Waals surface area contributed by atoms with Crippen LogP contribution in [0.3, 0.4) is 0 Å². The zero-order valence-corrected chi connectivity index (χ0v) is 36.9. The number of allylic oxidation sites excluding steroid dienone is 4. The molecule has 0 aromatic carbocycles. The molecule has 0 aliphatic carbocycles. The van der Waals surface area contributed by atoms with Crippen molar-refractivity contribution in [3.8, 4) is 0 Å². The number of rotatable bonds is 46. The predicted molar refractivity (Wildman–Crippen MR) is 233 cm³/mol. The van der Waals surface area contributed by atoms with Crippen molar-refractivity contribution in [1.82, 2.24) is 9.62 Å². The molecule has 0 aromatic rings. The number of hydrogen-bond donors (Lipinski definition) is 3. The second-order valence-electron chi connectivity index (χ2n) is 15.4. The molecule has 0 fully saturated rings. The number of nitrogens with zero attached hydrogens (tertiary/aromatic N) is 1. The summed E-state index contributed by atoms with van der Waals surface area (Å²) in [6, 6.07) is 0. The Hall–Kier alpha value is -0.850. The van der Waals surface area contributed by atoms with Crippen LogP contribution in [0.4, 0.5) is 0 Å². The fraction of sp³-hybridized carbons (Fsp3) is 0.911. The quantitative estimate of drug-likeness (QED) is 0.0411. The van der Waals surface area contributed by atoms with Crippen LogP contribution in [0.5, 0.6) is 0 Å². The normalized spacial score (nSPS) is 13.0. The van der Waals surface area contributed by atoms with Gasteiger partial charge in [0.1, 0.15) is 0 Å². The first-order valence-electron chi connectivity index (χ1n) is 23.1. The smallest absolute Gasteiger partial charge is 0.335 e. The molecular weight excluding hydrogens is 713 g/mol. The van der Waals surface area contributed by atoms with Gasteiger partial charge in [-0.05, 0) is 64.2 Å². The highest BCUT2D eigenvalue weighted by atomic mass is 32.2. The molecule has 0 heterocycles. The molecule has 0 aromatic heterocycles. The van der Waals surface area contributed by atoms with Gasteiger partial charge < -0.3 is 19.7 Å². The van der Waals surface area contributed by atoms with Gasteiger partial charge in [0.2, 0.25) is 0 Å². The molecule has 0 saturated heterocycles. The molecule has 0 spiro atoms. The molecular formula is C45H90N2O7S. The van der Waals surface area contributed by atoms with Crippen LogP contribution in [0, 0.1) is 0 Å². The Bertz CT molecular complexity index is 913. The third kappa shape index (κ3) is 42.6. The van der Waals surface area contributed by atoms with E-state index in [1.807, 2.05) is 0 Å². The van der Waals surface area contributed by atoms with Crippen LogP contribution < -0.4 is 4.72 Å². The third-order valence-corrected chi connectivity index (χ3v) is 11.1. The summed E-state index contributed by atoms with van der Waals surface area (Å²) in [5.41, 5.74) is 0. The summed E-state index contributed by atoms with van der Waals surface area (Å²) < 4.78 is 44.8. The molecule has 0 bridgehead atoms. The molecule has 9 nitrogen and oxygen atoms in total. The van der Waals surface area contributed by atoms with E-state index in [-0.39, 0.29) is 32.9 Å². The average molecular weight is 803 g/mol. The van der Waals surface area contributed by atoms with E-state index in [4.69, 9.17) is 13.7 Å². The van der Waals surface area contributed by atoms with Gasteiger partial charge in [0.15, 0.2) is 0 Å². The first kappa shape index (κ1) is 54.2. The lowest BCUT2D eigenvalue weighted by Gasteiger charge is -2.21. The molecule has 0 amide bonds. The van der Waals surface area contributed by atoms with E-state index < -0.39 is 16.4 Å². The van der Waals surface area contributed by atoms with Crippen LogP contribution in [0.15, 0.2) is 24.3 Å². The maximum Gasteiger partial charge on any atom is 0.335 e. The number of aliphatic hydroxyl groups is 2. The summed E-state index contributed by atoms with van der Waals surface area (Å²) in [6.45, 7) is 6.94. The van der Waals surface area contributed by atoms with Crippen LogP contribution in [-0.4, -0.2) is 95.5 Å². The second kappa shape index (κ2) is 44.3. The minimum atomic E-state index is -3.97. The highest BCUT2D eigenvalue weighted by Gasteiger charge is 2.17. The van der Waals surface area contributed by atoms with Gasteiger partial charge in [-0.15, -0.1) is 0 Å². The van der Waals surface area contributed by atoms with E-state index in [0.717, 1.165) is 25.7 Å². The number of ether oxygens (including phenoxy) is 2. The average Bonchev–Trinajstić information content (AvgIpc) is 3.17. The Kier molecular flexibility index (Phi) is 43.6. The summed E-state index contributed by atoms with van der Waals surface area (Å²) in [5, 5.41) is 18.4. The van der Waals surface area contributed by atoms with Crippen molar-refractivity contribution < 1.29 is 32.3 Å². The van der Waals surface area contributed by atoms with Crippen molar-refractivity contribution in [2.75, 3.05) is 65.8 Å². The minimum Gasteiger partial charge on any atom is -0.395 e. The van der Waals surface area contributed by atoms with Gasteiger partial charge in [-0.3, -0.25) is 9.08 Å². The van der Waals surface area contributed by atoms with Gasteiger partial charge in [0, 0.05) is 39.4 Å². The summed E-state index contributed by atoms with van der Waals surface area (Å²) >= 11 is 0. The van der Waals surface area contributed by atoms with Gasteiger partial charge in [-0.25, -0.2) is 0 Å². The lowest BCUT2D eigenvalue weighted by molar-refractivity contribution is -0.0156. The van der Waals surface area contributed by atoms with Crippen molar-refractivity contribution in [1.29, 1.82) is 0 Å². The number of aliphatic hydroxyl groups excluding tert-OH is 2. The van der Waals surface area contributed by atoms with Crippen LogP contribution in [-0.2, 0) is 24.0 Å². The molecule has 0 aliphatic rings. The number of unbranched alkanes of at least 4 members (excludes halogenated alkanes) is 24. The molecule has 1 unspecified atom stereocenters. The first-order valence-corrected chi connectivity index (χ1v) is 24.5. The first-order chi connectivity index (χ1) is 27.0. The fourth-order valence-corrected chi connectivity index (χ4v) is 7.33. The Balaban J connectivity index is 4.27. The molecule has 55 heavy (non-hydrogen) atoms. The Morgan fingerprint density at radius 1 is 0.527 bits per heavy atom. The predicted octanol–water partition coefficient (Wildman–Crippen LogP) is 10.6. The lowest BCUT2D eigenvalue weighted by atomic mass is 10.1. The second-order valence-corrected chi connectivity index (χ2v) is 16.8. The SMILES string of the molecule is CCCCCCCCC=CCCCCCCCCOCC(CNS(=O)(=O)OCCN(CCO)CCO)OCCCCCCCCC=CCCCCCCCC. The number of nitrogens with one attached hydrogen (secondary N) is 1. The summed E-state index contributed by atoms with van der Waals surface area (Å²) in [7, 11) is -3.97. The molecule has 10 heteroatoms. The van der Waals surface area contributed by atoms with Gasteiger partial charge in [0.05, 0.1) is 32.5 Å². The van der Waals surface area contributed by atoms with Crippen LogP contribution in [0.25, 0.3) is 0 Å². The van der Waals surface area contributed by atoms with Gasteiger partial charge in [-0.1, -0.05) is 154 Å². The zero-order valence-electron chi connectivity index (χ0n) is 36.0. The summed E-state index contributed by atoms with van der Waals surface area (Å²) in [6.07, 6.45) is 44.3. The topological polar surface area (TPSA) is 118 Å². The highest BCUT2D eigenvalue weighted by Crippen LogP contribution is 2.12. The maximum atomic E-state index is 12.6. The van der Waals surface area contributed by atoms with E-state index in [1.165, 1.54) is 154 Å². The summed E-state index contributed by atoms with van der Waals surface area (Å²) in [5.74, 6) is 0. The zero-order chi connectivity index (χ0) is 40.2. The fourth-order valence-electron chi connectivity index (χ4n) is 6.56. The standard InChI is InChI=1S/C45H90N2O7S/c1-3-5-7-9-11-13-15-17-19-21-23-25-27-29-31-33-40-52-44-45(43-46-55(50,51)54-42-37-47(35-38-48)36-39-49)53-41-34-32-30-28-26-24-22-20-18-16-14-12-10-8-6-4-2/h17-20,45-46,48-49H,3-16,21-44H2,1-2H3. The lowest BCUT2D eigenvalue weighted by Crippen LogP contribution is -2.39. The van der Waals surface area contributed by atoms with Crippen molar-refractivity contribution >= 4 is 10.3 Å². The molecule has 0 aliphatic heterocycles. The molecule has 0 rings (SSSR count). The third-order valence-electron chi connectivity index (χ3n) is 10.1. The Labute approximate surface area is 341 Å². The maximum absolute atomic E-state index is 12.6. The van der Waals surface area contributed by atoms with Crippen molar-refractivity contribution in [3.05, 3.63) is 24.3 Å². The van der Waals surface area contributed by atoms with E-state index in [2.05, 4.69) is 42.9 Å². The van der Waals surface area contributed by atoms with Gasteiger partial charge in [-0.2, -0.15) is 13.1 Å².